The SMILES string of the molecule is Bc1c(B)c(B)c2c(sc3c(B)c(B)c(-c4nc(-c5ccccc5-c5ccccc5-c5ccccc5)nc(-c5c(B)c(B)c(B)c6c5sc5c(B)c(B)c(B)c(B)c56)n4)c(B)c32)c1B. The summed E-state index contributed by atoms with van der Waals surface area (Å²) < 4.78 is 5.35. The van der Waals surface area contributed by atoms with E-state index in [-0.39, 0.29) is 0 Å². The predicted octanol–water partition coefficient (Wildman–Crippen LogP) is -11.4. The number of hydrogen-bond donors (Lipinski definition) is 0. The lowest BCUT2D eigenvalue weighted by molar-refractivity contribution is 1.08. The van der Waals surface area contributed by atoms with E-state index >= 15 is 0 Å². The van der Waals surface area contributed by atoms with Gasteiger partial charge >= 0.3 is 0 Å². The number of benzene rings is 7. The van der Waals surface area contributed by atoms with Crippen molar-refractivity contribution in [2.45, 2.75) is 0 Å². The lowest BCUT2D eigenvalue weighted by atomic mass is 9.64. The zero-order valence-electron chi connectivity index (χ0n) is 39.7. The molecule has 290 valence electrons. The van der Waals surface area contributed by atoms with Crippen LogP contribution in [0, 0.1) is 0 Å². The second kappa shape index (κ2) is 15.8. The van der Waals surface area contributed by atoms with Crippen LogP contribution in [0.1, 0.15) is 0 Å². The first-order valence-corrected chi connectivity index (χ1v) is 24.1. The Morgan fingerprint density at radius 3 is 1.16 bits per heavy atom. The van der Waals surface area contributed by atoms with Crippen LogP contribution in [0.25, 0.3) is 96.8 Å². The van der Waals surface area contributed by atoms with Crippen molar-refractivity contribution in [2.75, 3.05) is 0 Å². The van der Waals surface area contributed by atoms with Gasteiger partial charge in [0, 0.05) is 35.5 Å². The summed E-state index contributed by atoms with van der Waals surface area (Å²) in [6.07, 6.45) is 0. The Bertz CT molecular complexity index is 3680. The summed E-state index contributed by atoms with van der Waals surface area (Å²) in [5, 5.41) is 5.39. The van der Waals surface area contributed by atoms with Crippen molar-refractivity contribution in [3.05, 3.63) is 78.9 Å². The zero-order chi connectivity index (χ0) is 45.2. The van der Waals surface area contributed by atoms with Gasteiger partial charge in [-0.2, -0.15) is 0 Å². The van der Waals surface area contributed by atoms with Crippen LogP contribution in [0.3, 0.4) is 0 Å². The molecular formula is C45H41B14N3S2. The van der Waals surface area contributed by atoms with E-state index in [4.69, 9.17) is 15.0 Å². The molecule has 0 saturated heterocycles. The minimum atomic E-state index is 0.676. The summed E-state index contributed by atoms with van der Waals surface area (Å²) >= 11 is 3.85. The molecule has 3 aromatic heterocycles. The highest BCUT2D eigenvalue weighted by molar-refractivity contribution is 7.29. The Hall–Kier alpha value is -5.10. The monoisotopic (exact) mass is 841 g/mol. The first kappa shape index (κ1) is 42.8. The Balaban J connectivity index is 1.35. The second-order valence-corrected chi connectivity index (χ2v) is 20.3. The molecule has 10 rings (SSSR count). The summed E-state index contributed by atoms with van der Waals surface area (Å²) in [7, 11) is 32.0. The molecule has 10 aromatic rings. The van der Waals surface area contributed by atoms with E-state index in [1.165, 1.54) is 128 Å². The number of hydrogen-bond acceptors (Lipinski definition) is 5. The first-order chi connectivity index (χ1) is 30.6. The Kier molecular flexibility index (Phi) is 10.6. The van der Waals surface area contributed by atoms with Gasteiger partial charge in [0.05, 0.1) is 0 Å². The molecule has 0 N–H and O–H groups in total. The minimum Gasteiger partial charge on any atom is -0.208 e. The van der Waals surface area contributed by atoms with Gasteiger partial charge in [0.1, 0.15) is 110 Å². The molecule has 0 atom stereocenters. The summed E-state index contributed by atoms with van der Waals surface area (Å²) in [4.78, 5) is 17.0. The molecule has 0 saturated carbocycles. The van der Waals surface area contributed by atoms with Gasteiger partial charge in [0.25, 0.3) is 0 Å². The second-order valence-electron chi connectivity index (χ2n) is 18.3. The van der Waals surface area contributed by atoms with E-state index < -0.39 is 0 Å². The van der Waals surface area contributed by atoms with Gasteiger partial charge in [-0.25, -0.2) is 15.0 Å². The van der Waals surface area contributed by atoms with Crippen molar-refractivity contribution in [3.63, 3.8) is 0 Å². The van der Waals surface area contributed by atoms with Crippen LogP contribution >= 0.6 is 22.7 Å². The molecule has 64 heavy (non-hydrogen) atoms. The molecule has 0 unspecified atom stereocenters. The van der Waals surface area contributed by atoms with Crippen LogP contribution in [0.4, 0.5) is 0 Å². The molecular weight excluding hydrogens is 798 g/mol. The largest absolute Gasteiger partial charge is 0.208 e. The molecule has 0 aliphatic heterocycles. The number of rotatable bonds is 5. The normalized spacial score (nSPS) is 11.7. The summed E-state index contributed by atoms with van der Waals surface area (Å²) in [6, 6.07) is 28.1. The molecule has 19 heteroatoms. The lowest BCUT2D eigenvalue weighted by Gasteiger charge is -2.20. The van der Waals surface area contributed by atoms with Gasteiger partial charge in [-0.05, 0) is 43.8 Å². The van der Waals surface area contributed by atoms with E-state index in [1.807, 2.05) is 22.7 Å². The van der Waals surface area contributed by atoms with Crippen molar-refractivity contribution in [1.29, 1.82) is 0 Å². The van der Waals surface area contributed by atoms with Crippen molar-refractivity contribution < 1.29 is 0 Å². The van der Waals surface area contributed by atoms with Crippen LogP contribution in [0.2, 0.25) is 0 Å². The maximum atomic E-state index is 5.69. The topological polar surface area (TPSA) is 38.7 Å². The molecule has 3 nitrogen and oxygen atoms in total. The standard InChI is InChI=1S/C45H41B14N3S2/c46-25-19-21-27(48)32(53)35(56)38(59)42(21)64-40(19)36(57)29(50)23(25)44-60-43(18-13-7-6-12-17(18)16-11-5-4-10-15(16)14-8-2-1-3-9-14)61-45(62-44)24-30(51)31(52)26(47)20-22-28(49)33(54)34(55)37(58)41(22)63-39(20)24/h1-13H,46-59H2. The van der Waals surface area contributed by atoms with E-state index in [9.17, 15) is 0 Å². The van der Waals surface area contributed by atoms with Gasteiger partial charge in [0.15, 0.2) is 17.5 Å². The highest BCUT2D eigenvalue weighted by atomic mass is 32.1. The van der Waals surface area contributed by atoms with E-state index in [2.05, 4.69) is 189 Å². The van der Waals surface area contributed by atoms with Crippen LogP contribution in [-0.4, -0.2) is 125 Å². The smallest absolute Gasteiger partial charge is 0.164 e. The van der Waals surface area contributed by atoms with Gasteiger partial charge < -0.3 is 0 Å². The summed E-state index contributed by atoms with van der Waals surface area (Å²) in [5.41, 5.74) is 26.3. The van der Waals surface area contributed by atoms with E-state index in [0.717, 1.165) is 39.5 Å². The average Bonchev–Trinajstić information content (AvgIpc) is 3.92. The van der Waals surface area contributed by atoms with Gasteiger partial charge in [0.2, 0.25) is 0 Å². The molecule has 0 spiro atoms. The molecule has 3 heterocycles. The average molecular weight is 839 g/mol. The van der Waals surface area contributed by atoms with Crippen LogP contribution in [0.15, 0.2) is 78.9 Å². The highest BCUT2D eigenvalue weighted by Crippen LogP contribution is 2.40. The fourth-order valence-corrected chi connectivity index (χ4v) is 13.6. The maximum Gasteiger partial charge on any atom is 0.164 e. The minimum absolute atomic E-state index is 0.676. The van der Waals surface area contributed by atoms with Crippen molar-refractivity contribution in [2.24, 2.45) is 0 Å². The van der Waals surface area contributed by atoms with Crippen LogP contribution in [-0.2, 0) is 0 Å². The molecule has 0 fully saturated rings. The maximum absolute atomic E-state index is 5.69. The molecule has 0 aliphatic rings. The molecule has 0 bridgehead atoms. The fourth-order valence-electron chi connectivity index (χ4n) is 10.5. The highest BCUT2D eigenvalue weighted by Gasteiger charge is 2.27. The third-order valence-electron chi connectivity index (χ3n) is 15.3. The van der Waals surface area contributed by atoms with E-state index in [0.29, 0.717) is 5.82 Å². The zero-order valence-corrected chi connectivity index (χ0v) is 41.3. The third-order valence-corrected chi connectivity index (χ3v) is 18.1. The molecule has 0 aliphatic carbocycles. The molecule has 7 aromatic carbocycles. The van der Waals surface area contributed by atoms with Crippen molar-refractivity contribution in [1.82, 2.24) is 15.0 Å². The predicted molar refractivity (Wildman–Crippen MR) is 327 cm³/mol. The van der Waals surface area contributed by atoms with Crippen LogP contribution in [0.5, 0.6) is 0 Å². The van der Waals surface area contributed by atoms with Crippen LogP contribution < -0.4 is 76.5 Å². The Morgan fingerprint density at radius 2 is 0.609 bits per heavy atom. The van der Waals surface area contributed by atoms with Crippen molar-refractivity contribution >= 4 is 249 Å². The fraction of sp³-hybridized carbons (Fsp3) is 0. The first-order valence-electron chi connectivity index (χ1n) is 22.5. The molecule has 0 amide bonds. The number of fused-ring (bicyclic) bond motifs is 6. The molecule has 0 radical (unpaired) electrons. The number of nitrogens with zero attached hydrogens (tertiary/aromatic N) is 3. The quantitative estimate of drug-likeness (QED) is 0.162. The Morgan fingerprint density at radius 1 is 0.266 bits per heavy atom. The Labute approximate surface area is 397 Å². The van der Waals surface area contributed by atoms with Crippen molar-refractivity contribution in [3.8, 4) is 56.4 Å². The lowest BCUT2D eigenvalue weighted by Crippen LogP contribution is -2.47. The van der Waals surface area contributed by atoms with Gasteiger partial charge in [-0.3, -0.25) is 0 Å². The number of thiophene rings is 2. The van der Waals surface area contributed by atoms with Gasteiger partial charge in [-0.1, -0.05) is 133 Å². The third kappa shape index (κ3) is 6.23. The van der Waals surface area contributed by atoms with Gasteiger partial charge in [-0.15, -0.1) is 44.5 Å². The number of aromatic nitrogens is 3. The summed E-state index contributed by atoms with van der Waals surface area (Å²) in [6.45, 7) is 0. The summed E-state index contributed by atoms with van der Waals surface area (Å²) in [5.74, 6) is 2.11. The van der Waals surface area contributed by atoms with E-state index in [1.54, 1.807) is 0 Å².